The molecule has 0 aromatic carbocycles. The summed E-state index contributed by atoms with van der Waals surface area (Å²) in [5.41, 5.74) is 0. The van der Waals surface area contributed by atoms with Crippen molar-refractivity contribution in [2.24, 2.45) is 11.8 Å². The highest BCUT2D eigenvalue weighted by Gasteiger charge is 2.19. The summed E-state index contributed by atoms with van der Waals surface area (Å²) < 4.78 is 0. The van der Waals surface area contributed by atoms with E-state index in [1.807, 2.05) is 0 Å². The van der Waals surface area contributed by atoms with Crippen molar-refractivity contribution in [2.75, 3.05) is 26.2 Å². The molecule has 1 atom stereocenters. The second-order valence-electron chi connectivity index (χ2n) is 6.96. The van der Waals surface area contributed by atoms with Crippen LogP contribution in [0.4, 0.5) is 0 Å². The molecule has 1 N–H and O–H groups in total. The molecule has 0 bridgehead atoms. The third-order valence-electron chi connectivity index (χ3n) is 5.36. The maximum absolute atomic E-state index is 3.68. The van der Waals surface area contributed by atoms with Crippen LogP contribution in [-0.2, 0) is 0 Å². The zero-order chi connectivity index (χ0) is 13.5. The Kier molecular flexibility index (Phi) is 6.66. The molecular formula is C17H34N2. The van der Waals surface area contributed by atoms with Crippen LogP contribution in [0.3, 0.4) is 0 Å². The van der Waals surface area contributed by atoms with Crippen molar-refractivity contribution >= 4 is 0 Å². The highest BCUT2D eigenvalue weighted by atomic mass is 15.1. The topological polar surface area (TPSA) is 15.3 Å². The lowest BCUT2D eigenvalue weighted by Crippen LogP contribution is -2.40. The molecule has 0 amide bonds. The highest BCUT2D eigenvalue weighted by molar-refractivity contribution is 4.75. The summed E-state index contributed by atoms with van der Waals surface area (Å²) in [5, 5.41) is 3.68. The fraction of sp³-hybridized carbons (Fsp3) is 1.00. The number of nitrogens with one attached hydrogen (secondary N) is 1. The van der Waals surface area contributed by atoms with E-state index in [0.29, 0.717) is 0 Å². The van der Waals surface area contributed by atoms with Crippen LogP contribution < -0.4 is 5.32 Å². The van der Waals surface area contributed by atoms with Crippen LogP contribution in [0.5, 0.6) is 0 Å². The fourth-order valence-electron chi connectivity index (χ4n) is 3.72. The van der Waals surface area contributed by atoms with Crippen molar-refractivity contribution in [1.29, 1.82) is 0 Å². The largest absolute Gasteiger partial charge is 0.314 e. The lowest BCUT2D eigenvalue weighted by molar-refractivity contribution is 0.196. The van der Waals surface area contributed by atoms with E-state index in [0.717, 1.165) is 17.9 Å². The van der Waals surface area contributed by atoms with Gasteiger partial charge in [0.05, 0.1) is 0 Å². The number of hydrogen-bond acceptors (Lipinski definition) is 2. The molecule has 1 aliphatic heterocycles. The second-order valence-corrected chi connectivity index (χ2v) is 6.96. The molecule has 0 aromatic heterocycles. The van der Waals surface area contributed by atoms with Gasteiger partial charge in [-0.2, -0.15) is 0 Å². The van der Waals surface area contributed by atoms with E-state index in [2.05, 4.69) is 24.1 Å². The average Bonchev–Trinajstić information content (AvgIpc) is 2.40. The molecule has 1 unspecified atom stereocenters. The summed E-state index contributed by atoms with van der Waals surface area (Å²) in [5.74, 6) is 2.02. The van der Waals surface area contributed by atoms with Gasteiger partial charge in [0, 0.05) is 6.04 Å². The van der Waals surface area contributed by atoms with Gasteiger partial charge in [-0.25, -0.2) is 0 Å². The first kappa shape index (κ1) is 15.3. The molecule has 112 valence electrons. The van der Waals surface area contributed by atoms with E-state index in [1.165, 1.54) is 77.5 Å². The molecule has 1 saturated carbocycles. The van der Waals surface area contributed by atoms with Crippen molar-refractivity contribution < 1.29 is 0 Å². The number of rotatable bonds is 4. The van der Waals surface area contributed by atoms with Crippen molar-refractivity contribution in [3.05, 3.63) is 0 Å². The lowest BCUT2D eigenvalue weighted by atomic mass is 9.81. The second kappa shape index (κ2) is 8.26. The smallest absolute Gasteiger partial charge is 0.00766 e. The summed E-state index contributed by atoms with van der Waals surface area (Å²) in [6, 6.07) is 0.762. The van der Waals surface area contributed by atoms with Gasteiger partial charge in [0.1, 0.15) is 0 Å². The SMILES string of the molecule is CCC1CCN(CCC2CCC(C)CC2)CCCN1. The summed E-state index contributed by atoms with van der Waals surface area (Å²) in [7, 11) is 0. The van der Waals surface area contributed by atoms with Crippen LogP contribution in [0.15, 0.2) is 0 Å². The van der Waals surface area contributed by atoms with Crippen LogP contribution in [0.1, 0.15) is 65.2 Å². The Labute approximate surface area is 120 Å². The molecule has 0 aromatic rings. The number of hydrogen-bond donors (Lipinski definition) is 1. The molecule has 2 fully saturated rings. The lowest BCUT2D eigenvalue weighted by Gasteiger charge is -2.31. The molecule has 2 rings (SSSR count). The van der Waals surface area contributed by atoms with E-state index in [4.69, 9.17) is 0 Å². The Bertz CT molecular complexity index is 233. The van der Waals surface area contributed by atoms with Gasteiger partial charge in [0.15, 0.2) is 0 Å². The first-order valence-corrected chi connectivity index (χ1v) is 8.73. The Hall–Kier alpha value is -0.0800. The van der Waals surface area contributed by atoms with Crippen molar-refractivity contribution in [3.8, 4) is 0 Å². The van der Waals surface area contributed by atoms with Crippen LogP contribution in [-0.4, -0.2) is 37.1 Å². The van der Waals surface area contributed by atoms with E-state index in [1.54, 1.807) is 0 Å². The maximum Gasteiger partial charge on any atom is 0.00766 e. The Balaban J connectivity index is 1.66. The van der Waals surface area contributed by atoms with Gasteiger partial charge in [-0.05, 0) is 63.7 Å². The zero-order valence-electron chi connectivity index (χ0n) is 13.2. The molecule has 1 saturated heterocycles. The van der Waals surface area contributed by atoms with E-state index in [-0.39, 0.29) is 0 Å². The standard InChI is InChI=1S/C17H34N2/c1-3-17-10-14-19(12-4-11-18-17)13-9-16-7-5-15(2)6-8-16/h15-18H,3-14H2,1-2H3. The quantitative estimate of drug-likeness (QED) is 0.835. The van der Waals surface area contributed by atoms with Gasteiger partial charge in [-0.1, -0.05) is 39.5 Å². The van der Waals surface area contributed by atoms with Crippen molar-refractivity contribution in [3.63, 3.8) is 0 Å². The molecule has 0 radical (unpaired) electrons. The van der Waals surface area contributed by atoms with E-state index in [9.17, 15) is 0 Å². The van der Waals surface area contributed by atoms with Crippen LogP contribution in [0.25, 0.3) is 0 Å². The zero-order valence-corrected chi connectivity index (χ0v) is 13.2. The molecule has 1 heterocycles. The minimum Gasteiger partial charge on any atom is -0.314 e. The molecule has 19 heavy (non-hydrogen) atoms. The van der Waals surface area contributed by atoms with Gasteiger partial charge in [-0.15, -0.1) is 0 Å². The Morgan fingerprint density at radius 3 is 2.58 bits per heavy atom. The minimum absolute atomic E-state index is 0.762. The highest BCUT2D eigenvalue weighted by Crippen LogP contribution is 2.30. The monoisotopic (exact) mass is 266 g/mol. The summed E-state index contributed by atoms with van der Waals surface area (Å²) in [6.45, 7) is 9.94. The third kappa shape index (κ3) is 5.43. The van der Waals surface area contributed by atoms with Crippen LogP contribution in [0.2, 0.25) is 0 Å². The molecular weight excluding hydrogens is 232 g/mol. The van der Waals surface area contributed by atoms with Gasteiger partial charge in [-0.3, -0.25) is 0 Å². The third-order valence-corrected chi connectivity index (χ3v) is 5.36. The van der Waals surface area contributed by atoms with E-state index >= 15 is 0 Å². The van der Waals surface area contributed by atoms with Crippen molar-refractivity contribution in [1.82, 2.24) is 10.2 Å². The molecule has 0 spiro atoms. The normalized spacial score (nSPS) is 34.7. The van der Waals surface area contributed by atoms with Crippen molar-refractivity contribution in [2.45, 2.75) is 71.3 Å². The van der Waals surface area contributed by atoms with E-state index < -0.39 is 0 Å². The molecule has 2 nitrogen and oxygen atoms in total. The Morgan fingerprint density at radius 1 is 1.05 bits per heavy atom. The summed E-state index contributed by atoms with van der Waals surface area (Å²) in [6.07, 6.45) is 11.4. The number of nitrogens with zero attached hydrogens (tertiary/aromatic N) is 1. The van der Waals surface area contributed by atoms with Gasteiger partial charge in [0.2, 0.25) is 0 Å². The summed E-state index contributed by atoms with van der Waals surface area (Å²) >= 11 is 0. The van der Waals surface area contributed by atoms with Gasteiger partial charge < -0.3 is 10.2 Å². The predicted octanol–water partition coefficient (Wildman–Crippen LogP) is 3.67. The molecule has 2 heteroatoms. The fourth-order valence-corrected chi connectivity index (χ4v) is 3.72. The first-order chi connectivity index (χ1) is 9.28. The first-order valence-electron chi connectivity index (χ1n) is 8.73. The van der Waals surface area contributed by atoms with Gasteiger partial charge in [0.25, 0.3) is 0 Å². The maximum atomic E-state index is 3.68. The Morgan fingerprint density at radius 2 is 1.84 bits per heavy atom. The molecule has 1 aliphatic carbocycles. The van der Waals surface area contributed by atoms with Gasteiger partial charge >= 0.3 is 0 Å². The van der Waals surface area contributed by atoms with Crippen LogP contribution >= 0.6 is 0 Å². The predicted molar refractivity (Wildman–Crippen MR) is 83.5 cm³/mol. The summed E-state index contributed by atoms with van der Waals surface area (Å²) in [4.78, 5) is 2.74. The van der Waals surface area contributed by atoms with Crippen LogP contribution in [0, 0.1) is 11.8 Å². The minimum atomic E-state index is 0.762. The average molecular weight is 266 g/mol. The molecule has 2 aliphatic rings.